The summed E-state index contributed by atoms with van der Waals surface area (Å²) in [4.78, 5) is 16.5. The van der Waals surface area contributed by atoms with E-state index in [1.807, 2.05) is 0 Å². The Morgan fingerprint density at radius 3 is 2.45 bits per heavy atom. The zero-order valence-electron chi connectivity index (χ0n) is 15.6. The van der Waals surface area contributed by atoms with Crippen molar-refractivity contribution in [2.45, 2.75) is 50.7 Å². The number of halogens is 5. The van der Waals surface area contributed by atoms with E-state index in [2.05, 4.69) is 4.99 Å². The molecule has 0 unspecified atom stereocenters. The number of aliphatic imine (C=N–C) groups is 1. The van der Waals surface area contributed by atoms with Gasteiger partial charge >= 0.3 is 6.18 Å². The maximum Gasteiger partial charge on any atom is 0.393 e. The molecule has 0 bridgehead atoms. The van der Waals surface area contributed by atoms with Gasteiger partial charge in [-0.25, -0.2) is 13.8 Å². The number of rotatable bonds is 6. The molecule has 9 heteroatoms. The van der Waals surface area contributed by atoms with Crippen LogP contribution in [0, 0.1) is 0 Å². The van der Waals surface area contributed by atoms with Gasteiger partial charge in [-0.05, 0) is 36.5 Å². The lowest BCUT2D eigenvalue weighted by atomic mass is 10.0. The van der Waals surface area contributed by atoms with Crippen molar-refractivity contribution in [2.24, 2.45) is 10.7 Å². The van der Waals surface area contributed by atoms with Crippen LogP contribution in [0.1, 0.15) is 36.5 Å². The van der Waals surface area contributed by atoms with Crippen molar-refractivity contribution in [3.8, 4) is 0 Å². The second-order valence-corrected chi connectivity index (χ2v) is 7.34. The van der Waals surface area contributed by atoms with Crippen LogP contribution in [0.2, 0.25) is 0 Å². The monoisotopic (exact) mass is 413 g/mol. The van der Waals surface area contributed by atoms with Crippen molar-refractivity contribution in [3.63, 3.8) is 0 Å². The topological polar surface area (TPSA) is 60.4 Å². The first-order valence-corrected chi connectivity index (χ1v) is 9.00. The van der Waals surface area contributed by atoms with Gasteiger partial charge in [0.15, 0.2) is 0 Å². The largest absolute Gasteiger partial charge is 0.393 e. The molecule has 0 saturated heterocycles. The first-order valence-electron chi connectivity index (χ1n) is 9.00. The lowest BCUT2D eigenvalue weighted by Gasteiger charge is -2.20. The molecule has 4 nitrogen and oxygen atoms in total. The van der Waals surface area contributed by atoms with Crippen LogP contribution in [0.3, 0.4) is 0 Å². The van der Waals surface area contributed by atoms with Gasteiger partial charge in [-0.2, -0.15) is 13.2 Å². The van der Waals surface area contributed by atoms with E-state index in [0.29, 0.717) is 11.1 Å². The summed E-state index contributed by atoms with van der Waals surface area (Å²) in [6.07, 6.45) is -6.28. The van der Waals surface area contributed by atoms with Gasteiger partial charge in [-0.15, -0.1) is 0 Å². The molecule has 1 saturated carbocycles. The summed E-state index contributed by atoms with van der Waals surface area (Å²) in [5.41, 5.74) is 4.77. The van der Waals surface area contributed by atoms with E-state index in [-0.39, 0.29) is 36.3 Å². The summed E-state index contributed by atoms with van der Waals surface area (Å²) in [7, 11) is 0. The molecule has 0 spiro atoms. The van der Waals surface area contributed by atoms with Crippen molar-refractivity contribution in [1.29, 1.82) is 0 Å². The van der Waals surface area contributed by atoms with Crippen LogP contribution in [-0.4, -0.2) is 23.0 Å². The molecule has 0 amide bonds. The predicted octanol–water partition coefficient (Wildman–Crippen LogP) is 4.31. The van der Waals surface area contributed by atoms with Gasteiger partial charge in [0.2, 0.25) is 0 Å². The fraction of sp³-hybridized carbons (Fsp3) is 0.400. The van der Waals surface area contributed by atoms with Gasteiger partial charge < -0.3 is 10.3 Å². The van der Waals surface area contributed by atoms with Gasteiger partial charge in [0.1, 0.15) is 5.54 Å². The summed E-state index contributed by atoms with van der Waals surface area (Å²) in [5, 5.41) is 0. The highest BCUT2D eigenvalue weighted by Crippen LogP contribution is 2.48. The summed E-state index contributed by atoms with van der Waals surface area (Å²) >= 11 is 0. The first-order chi connectivity index (χ1) is 13.5. The number of nitrogens with two attached hydrogens (primary N) is 1. The molecule has 1 fully saturated rings. The summed E-state index contributed by atoms with van der Waals surface area (Å²) in [6.45, 7) is 1.51. The Balaban J connectivity index is 2.03. The Hall–Kier alpha value is -2.71. The minimum absolute atomic E-state index is 0.0922. The highest BCUT2D eigenvalue weighted by atomic mass is 19.4. The summed E-state index contributed by atoms with van der Waals surface area (Å²) < 4.78 is 66.1. The van der Waals surface area contributed by atoms with E-state index in [0.717, 1.165) is 10.6 Å². The van der Waals surface area contributed by atoms with E-state index in [9.17, 15) is 26.7 Å². The fourth-order valence-corrected chi connectivity index (χ4v) is 3.34. The Morgan fingerprint density at radius 2 is 1.90 bits per heavy atom. The Labute approximate surface area is 163 Å². The first kappa shape index (κ1) is 21.0. The predicted molar refractivity (Wildman–Crippen MR) is 99.9 cm³/mol. The summed E-state index contributed by atoms with van der Waals surface area (Å²) in [5.74, 6) is 0.171. The smallest absolute Gasteiger partial charge is 0.387 e. The van der Waals surface area contributed by atoms with Crippen LogP contribution < -0.4 is 11.3 Å². The Morgan fingerprint density at radius 1 is 1.24 bits per heavy atom. The zero-order chi connectivity index (χ0) is 21.4. The SMILES string of the molecule is C/C(N)=N/c1cc(=O)n(C2(C(F)F)CC2)cc1Cc1cccc(CC(F)(F)F)c1. The standard InChI is InChI=1S/C20H20F5N3O/c1-12(26)27-16-9-17(29)28(19(5-6-19)18(21)22)11-15(16)8-13-3-2-4-14(7-13)10-20(23,24)25/h2-4,7,9,11,18H,5-6,8,10H2,1H3,(H2,26,27). The second-order valence-electron chi connectivity index (χ2n) is 7.34. The van der Waals surface area contributed by atoms with Crippen molar-refractivity contribution in [2.75, 3.05) is 0 Å². The second kappa shape index (κ2) is 7.61. The minimum atomic E-state index is -4.34. The maximum atomic E-state index is 13.5. The number of hydrogen-bond donors (Lipinski definition) is 1. The van der Waals surface area contributed by atoms with Crippen molar-refractivity contribution in [3.05, 3.63) is 63.6 Å². The van der Waals surface area contributed by atoms with Crippen molar-refractivity contribution < 1.29 is 22.0 Å². The van der Waals surface area contributed by atoms with Gasteiger partial charge in [-0.1, -0.05) is 24.3 Å². The number of aromatic nitrogens is 1. The zero-order valence-corrected chi connectivity index (χ0v) is 15.6. The van der Waals surface area contributed by atoms with E-state index in [1.165, 1.54) is 31.3 Å². The number of benzene rings is 1. The lowest BCUT2D eigenvalue weighted by molar-refractivity contribution is -0.127. The van der Waals surface area contributed by atoms with Crippen LogP contribution in [0.25, 0.3) is 0 Å². The quantitative estimate of drug-likeness (QED) is 0.436. The molecule has 2 aromatic rings. The van der Waals surface area contributed by atoms with E-state index >= 15 is 0 Å². The van der Waals surface area contributed by atoms with Gasteiger partial charge in [0, 0.05) is 18.7 Å². The number of nitrogens with zero attached hydrogens (tertiary/aromatic N) is 2. The molecular weight excluding hydrogens is 393 g/mol. The third kappa shape index (κ3) is 4.83. The molecule has 29 heavy (non-hydrogen) atoms. The normalized spacial score (nSPS) is 16.3. The average Bonchev–Trinajstić information content (AvgIpc) is 3.37. The molecule has 1 aliphatic carbocycles. The van der Waals surface area contributed by atoms with E-state index < -0.39 is 30.1 Å². The van der Waals surface area contributed by atoms with Gasteiger partial charge in [-0.3, -0.25) is 4.79 Å². The summed E-state index contributed by atoms with van der Waals surface area (Å²) in [6, 6.07) is 7.07. The molecule has 1 heterocycles. The van der Waals surface area contributed by atoms with E-state index in [1.54, 1.807) is 6.07 Å². The molecule has 0 atom stereocenters. The average molecular weight is 413 g/mol. The molecule has 3 rings (SSSR count). The minimum Gasteiger partial charge on any atom is -0.387 e. The molecule has 1 aromatic carbocycles. The number of amidine groups is 1. The Bertz CT molecular complexity index is 986. The van der Waals surface area contributed by atoms with Crippen LogP contribution in [0.15, 0.2) is 46.3 Å². The molecule has 1 aromatic heterocycles. The molecule has 156 valence electrons. The van der Waals surface area contributed by atoms with Gasteiger partial charge in [0.25, 0.3) is 12.0 Å². The molecule has 0 aliphatic heterocycles. The third-order valence-electron chi connectivity index (χ3n) is 4.85. The van der Waals surface area contributed by atoms with Crippen LogP contribution in [0.4, 0.5) is 27.6 Å². The highest BCUT2D eigenvalue weighted by Gasteiger charge is 2.53. The van der Waals surface area contributed by atoms with E-state index in [4.69, 9.17) is 5.73 Å². The maximum absolute atomic E-state index is 13.5. The van der Waals surface area contributed by atoms with Crippen LogP contribution in [-0.2, 0) is 18.4 Å². The molecular formula is C20H20F5N3O. The number of hydrogen-bond acceptors (Lipinski definition) is 2. The number of pyridine rings is 1. The van der Waals surface area contributed by atoms with Crippen molar-refractivity contribution in [1.82, 2.24) is 4.57 Å². The lowest BCUT2D eigenvalue weighted by Crippen LogP contribution is -2.35. The van der Waals surface area contributed by atoms with Crippen LogP contribution in [0.5, 0.6) is 0 Å². The van der Waals surface area contributed by atoms with Crippen molar-refractivity contribution >= 4 is 11.5 Å². The third-order valence-corrected chi connectivity index (χ3v) is 4.85. The number of alkyl halides is 5. The fourth-order valence-electron chi connectivity index (χ4n) is 3.34. The van der Waals surface area contributed by atoms with Gasteiger partial charge in [0.05, 0.1) is 17.9 Å². The molecule has 0 radical (unpaired) electrons. The molecule has 2 N–H and O–H groups in total. The van der Waals surface area contributed by atoms with Crippen LogP contribution >= 0.6 is 0 Å². The Kier molecular flexibility index (Phi) is 5.51. The molecule has 1 aliphatic rings. The highest BCUT2D eigenvalue weighted by molar-refractivity contribution is 5.81.